The highest BCUT2D eigenvalue weighted by Crippen LogP contribution is 2.41. The molecule has 0 saturated carbocycles. The van der Waals surface area contributed by atoms with E-state index in [1.54, 1.807) is 0 Å². The van der Waals surface area contributed by atoms with Crippen molar-refractivity contribution in [2.75, 3.05) is 0 Å². The van der Waals surface area contributed by atoms with Gasteiger partial charge in [-0.2, -0.15) is 0 Å². The predicted molar refractivity (Wildman–Crippen MR) is 192 cm³/mol. The van der Waals surface area contributed by atoms with E-state index in [1.807, 2.05) is 66.7 Å². The first-order chi connectivity index (χ1) is 23.3. The molecule has 0 aliphatic carbocycles. The number of aromatic nitrogens is 3. The van der Waals surface area contributed by atoms with Crippen molar-refractivity contribution in [2.45, 2.75) is 0 Å². The van der Waals surface area contributed by atoms with E-state index >= 15 is 0 Å². The molecule has 0 saturated heterocycles. The van der Waals surface area contributed by atoms with Crippen molar-refractivity contribution < 1.29 is 4.42 Å². The molecule has 0 bridgehead atoms. The van der Waals surface area contributed by atoms with Crippen LogP contribution >= 0.6 is 0 Å². The zero-order chi connectivity index (χ0) is 31.2. The number of furan rings is 1. The lowest BCUT2D eigenvalue weighted by Crippen LogP contribution is -2.01. The van der Waals surface area contributed by atoms with Crippen LogP contribution in [0.25, 0.3) is 89.1 Å². The SMILES string of the molecule is c1ccc(-c2nc(-c3ccccc3)nc(-c3ccc(-c4cccc5oc6cc7ccccc7cc6c45)cc3-c3ccccc3)n2)cc1. The molecule has 4 nitrogen and oxygen atoms in total. The number of hydrogen-bond acceptors (Lipinski definition) is 4. The number of nitrogens with zero attached hydrogens (tertiary/aromatic N) is 3. The van der Waals surface area contributed by atoms with Gasteiger partial charge in [0.05, 0.1) is 0 Å². The van der Waals surface area contributed by atoms with Gasteiger partial charge in [0.2, 0.25) is 0 Å². The summed E-state index contributed by atoms with van der Waals surface area (Å²) in [4.78, 5) is 15.0. The third kappa shape index (κ3) is 4.84. The van der Waals surface area contributed by atoms with Gasteiger partial charge in [0, 0.05) is 27.5 Å². The quantitative estimate of drug-likeness (QED) is 0.197. The Labute approximate surface area is 271 Å². The standard InChI is InChI=1S/C43H27N3O/c1-4-13-28(14-5-1)36-26-33(34-21-12-22-38-40(34)37-25-31-19-10-11-20-32(31)27-39(37)47-38)23-24-35(36)43-45-41(29-15-6-2-7-16-29)44-42(46-43)30-17-8-3-9-18-30/h1-27H. The van der Waals surface area contributed by atoms with E-state index in [2.05, 4.69) is 97.1 Å². The molecule has 2 aromatic heterocycles. The van der Waals surface area contributed by atoms with Crippen LogP contribution in [-0.2, 0) is 0 Å². The summed E-state index contributed by atoms with van der Waals surface area (Å²) in [6.45, 7) is 0. The first kappa shape index (κ1) is 27.0. The maximum Gasteiger partial charge on any atom is 0.164 e. The largest absolute Gasteiger partial charge is 0.456 e. The Balaban J connectivity index is 1.28. The van der Waals surface area contributed by atoms with Crippen LogP contribution in [0.5, 0.6) is 0 Å². The summed E-state index contributed by atoms with van der Waals surface area (Å²) in [7, 11) is 0. The van der Waals surface area contributed by atoms with E-state index in [1.165, 1.54) is 10.8 Å². The number of fused-ring (bicyclic) bond motifs is 4. The van der Waals surface area contributed by atoms with Crippen molar-refractivity contribution in [3.63, 3.8) is 0 Å². The molecule has 0 aliphatic heterocycles. The number of benzene rings is 7. The molecule has 0 spiro atoms. The smallest absolute Gasteiger partial charge is 0.164 e. The normalized spacial score (nSPS) is 11.4. The maximum absolute atomic E-state index is 6.41. The van der Waals surface area contributed by atoms with Crippen molar-refractivity contribution in [1.29, 1.82) is 0 Å². The van der Waals surface area contributed by atoms with Gasteiger partial charge in [0.15, 0.2) is 17.5 Å². The van der Waals surface area contributed by atoms with Crippen LogP contribution in [0.2, 0.25) is 0 Å². The molecular weight excluding hydrogens is 574 g/mol. The minimum atomic E-state index is 0.626. The molecule has 9 aromatic rings. The van der Waals surface area contributed by atoms with E-state index in [4.69, 9.17) is 19.4 Å². The molecule has 0 N–H and O–H groups in total. The monoisotopic (exact) mass is 601 g/mol. The molecule has 2 heterocycles. The fourth-order valence-corrected chi connectivity index (χ4v) is 6.44. The Bertz CT molecular complexity index is 2500. The Morgan fingerprint density at radius 2 is 0.915 bits per heavy atom. The summed E-state index contributed by atoms with van der Waals surface area (Å²) >= 11 is 0. The molecule has 0 amide bonds. The summed E-state index contributed by atoms with van der Waals surface area (Å²) in [5, 5.41) is 4.57. The molecule has 47 heavy (non-hydrogen) atoms. The van der Waals surface area contributed by atoms with Crippen LogP contribution in [-0.4, -0.2) is 15.0 Å². The lowest BCUT2D eigenvalue weighted by Gasteiger charge is -2.14. The highest BCUT2D eigenvalue weighted by molar-refractivity contribution is 6.15. The van der Waals surface area contributed by atoms with Gasteiger partial charge >= 0.3 is 0 Å². The van der Waals surface area contributed by atoms with E-state index in [9.17, 15) is 0 Å². The summed E-state index contributed by atoms with van der Waals surface area (Å²) in [6.07, 6.45) is 0. The van der Waals surface area contributed by atoms with Crippen molar-refractivity contribution >= 4 is 32.7 Å². The maximum atomic E-state index is 6.41. The second kappa shape index (κ2) is 11.2. The minimum absolute atomic E-state index is 0.626. The Hall–Kier alpha value is -6.39. The van der Waals surface area contributed by atoms with E-state index < -0.39 is 0 Å². The fourth-order valence-electron chi connectivity index (χ4n) is 6.44. The zero-order valence-corrected chi connectivity index (χ0v) is 25.3. The molecule has 7 aromatic carbocycles. The van der Waals surface area contributed by atoms with E-state index in [-0.39, 0.29) is 0 Å². The molecule has 0 atom stereocenters. The third-order valence-electron chi connectivity index (χ3n) is 8.72. The van der Waals surface area contributed by atoms with Crippen molar-refractivity contribution in [3.8, 4) is 56.4 Å². The highest BCUT2D eigenvalue weighted by atomic mass is 16.3. The van der Waals surface area contributed by atoms with Crippen LogP contribution in [0.1, 0.15) is 0 Å². The summed E-state index contributed by atoms with van der Waals surface area (Å²) < 4.78 is 6.41. The predicted octanol–water partition coefficient (Wildman–Crippen LogP) is 11.3. The topological polar surface area (TPSA) is 51.8 Å². The van der Waals surface area contributed by atoms with Crippen LogP contribution in [0, 0.1) is 0 Å². The lowest BCUT2D eigenvalue weighted by atomic mass is 9.92. The molecule has 220 valence electrons. The molecular formula is C43H27N3O. The number of hydrogen-bond donors (Lipinski definition) is 0. The molecule has 4 heteroatoms. The van der Waals surface area contributed by atoms with Crippen LogP contribution < -0.4 is 0 Å². The zero-order valence-electron chi connectivity index (χ0n) is 25.3. The van der Waals surface area contributed by atoms with Gasteiger partial charge in [-0.3, -0.25) is 0 Å². The molecule has 0 fully saturated rings. The lowest BCUT2D eigenvalue weighted by molar-refractivity contribution is 0.669. The van der Waals surface area contributed by atoms with Crippen molar-refractivity contribution in [2.24, 2.45) is 0 Å². The summed E-state index contributed by atoms with van der Waals surface area (Å²) in [5.74, 6) is 1.90. The van der Waals surface area contributed by atoms with Gasteiger partial charge in [-0.05, 0) is 63.4 Å². The van der Waals surface area contributed by atoms with Gasteiger partial charge in [-0.25, -0.2) is 15.0 Å². The fraction of sp³-hybridized carbons (Fsp3) is 0. The Kier molecular flexibility index (Phi) is 6.43. The average molecular weight is 602 g/mol. The Morgan fingerprint density at radius 1 is 0.340 bits per heavy atom. The average Bonchev–Trinajstić information content (AvgIpc) is 3.52. The second-order valence-electron chi connectivity index (χ2n) is 11.6. The molecule has 0 aliphatic rings. The van der Waals surface area contributed by atoms with Gasteiger partial charge in [0.1, 0.15) is 11.2 Å². The van der Waals surface area contributed by atoms with Gasteiger partial charge in [-0.15, -0.1) is 0 Å². The van der Waals surface area contributed by atoms with Crippen LogP contribution in [0.3, 0.4) is 0 Å². The molecule has 0 unspecified atom stereocenters. The minimum Gasteiger partial charge on any atom is -0.456 e. The number of rotatable bonds is 5. The van der Waals surface area contributed by atoms with Crippen LogP contribution in [0.4, 0.5) is 0 Å². The molecule has 9 rings (SSSR count). The molecule has 0 radical (unpaired) electrons. The van der Waals surface area contributed by atoms with Crippen molar-refractivity contribution in [1.82, 2.24) is 15.0 Å². The summed E-state index contributed by atoms with van der Waals surface area (Å²) in [5.41, 5.74) is 8.92. The first-order valence-electron chi connectivity index (χ1n) is 15.7. The van der Waals surface area contributed by atoms with E-state index in [0.717, 1.165) is 60.9 Å². The second-order valence-corrected chi connectivity index (χ2v) is 11.6. The summed E-state index contributed by atoms with van der Waals surface area (Å²) in [6, 6.07) is 56.3. The van der Waals surface area contributed by atoms with Gasteiger partial charge in [0.25, 0.3) is 0 Å². The van der Waals surface area contributed by atoms with Gasteiger partial charge < -0.3 is 4.42 Å². The first-order valence-corrected chi connectivity index (χ1v) is 15.7. The van der Waals surface area contributed by atoms with E-state index in [0.29, 0.717) is 17.5 Å². The van der Waals surface area contributed by atoms with Crippen molar-refractivity contribution in [3.05, 3.63) is 164 Å². The highest BCUT2D eigenvalue weighted by Gasteiger charge is 2.19. The third-order valence-corrected chi connectivity index (χ3v) is 8.72. The van der Waals surface area contributed by atoms with Gasteiger partial charge in [-0.1, -0.05) is 133 Å². The van der Waals surface area contributed by atoms with Crippen LogP contribution in [0.15, 0.2) is 168 Å². The Morgan fingerprint density at radius 3 is 1.57 bits per heavy atom.